The highest BCUT2D eigenvalue weighted by molar-refractivity contribution is 5.70. The summed E-state index contributed by atoms with van der Waals surface area (Å²) in [5, 5.41) is 44.5. The van der Waals surface area contributed by atoms with Crippen LogP contribution in [0.4, 0.5) is 5.82 Å². The van der Waals surface area contributed by atoms with Gasteiger partial charge in [0.2, 0.25) is 0 Å². The predicted molar refractivity (Wildman–Crippen MR) is 214 cm³/mol. The van der Waals surface area contributed by atoms with Crippen LogP contribution in [0.5, 0.6) is 0 Å². The SMILES string of the molecule is CCCCCC1C=CC(CCCCCC(C(=O)O)C(O)CCC2(O)CC(Cc3ccnc(N)c3)CC2Cc2cc(C(C)c3c[n-]c(CC)c3)c[n-]2)C(O)C1. The second-order valence-corrected chi connectivity index (χ2v) is 16.8. The molecule has 3 heterocycles. The lowest BCUT2D eigenvalue weighted by Crippen LogP contribution is -2.37. The molecule has 9 heteroatoms. The predicted octanol–water partition coefficient (Wildman–Crippen LogP) is 7.76. The zero-order valence-corrected chi connectivity index (χ0v) is 33.0. The fourth-order valence-corrected chi connectivity index (χ4v) is 9.28. The minimum absolute atomic E-state index is 0.0849. The van der Waals surface area contributed by atoms with E-state index in [9.17, 15) is 25.2 Å². The number of aromatic nitrogens is 3. The first-order chi connectivity index (χ1) is 26.0. The van der Waals surface area contributed by atoms with Gasteiger partial charge in [-0.2, -0.15) is 23.8 Å². The van der Waals surface area contributed by atoms with Crippen molar-refractivity contribution in [3.63, 3.8) is 0 Å². The third kappa shape index (κ3) is 11.6. The van der Waals surface area contributed by atoms with Crippen molar-refractivity contribution in [2.45, 2.75) is 154 Å². The number of allylic oxidation sites excluding steroid dienone is 1. The van der Waals surface area contributed by atoms with Crippen LogP contribution in [0.25, 0.3) is 0 Å². The van der Waals surface area contributed by atoms with E-state index in [-0.39, 0.29) is 36.2 Å². The average Bonchev–Trinajstić information content (AvgIpc) is 3.89. The summed E-state index contributed by atoms with van der Waals surface area (Å²) in [6, 6.07) is 8.16. The smallest absolute Gasteiger partial charge is 0.309 e. The summed E-state index contributed by atoms with van der Waals surface area (Å²) >= 11 is 0. The van der Waals surface area contributed by atoms with Gasteiger partial charge in [0.25, 0.3) is 0 Å². The molecule has 3 aromatic heterocycles. The molecular weight excluding hydrogens is 677 g/mol. The molecule has 9 nitrogen and oxygen atoms in total. The number of unbranched alkanes of at least 4 members (excludes halogenated alkanes) is 4. The van der Waals surface area contributed by atoms with Crippen molar-refractivity contribution in [3.8, 4) is 0 Å². The number of nitrogens with two attached hydrogens (primary N) is 1. The number of aliphatic carboxylic acids is 1. The number of rotatable bonds is 22. The number of carboxylic acids is 1. The molecule has 0 bridgehead atoms. The van der Waals surface area contributed by atoms with Crippen molar-refractivity contribution >= 4 is 11.8 Å². The van der Waals surface area contributed by atoms with Crippen LogP contribution in [0.3, 0.4) is 0 Å². The first kappa shape index (κ1) is 41.8. The average molecular weight is 743 g/mol. The van der Waals surface area contributed by atoms with Crippen molar-refractivity contribution in [1.82, 2.24) is 15.0 Å². The fraction of sp³-hybridized carbons (Fsp3) is 0.644. The highest BCUT2D eigenvalue weighted by Crippen LogP contribution is 2.46. The van der Waals surface area contributed by atoms with E-state index in [0.29, 0.717) is 43.8 Å². The number of nitrogen functional groups attached to an aromatic ring is 1. The molecule has 0 radical (unpaired) electrons. The monoisotopic (exact) mass is 743 g/mol. The van der Waals surface area contributed by atoms with Gasteiger partial charge < -0.3 is 36.1 Å². The molecule has 298 valence electrons. The second kappa shape index (κ2) is 20.0. The topological polar surface area (TPSA) is 165 Å². The highest BCUT2D eigenvalue weighted by Gasteiger charge is 2.45. The van der Waals surface area contributed by atoms with Crippen molar-refractivity contribution in [2.75, 3.05) is 5.73 Å². The molecule has 1 fully saturated rings. The molecule has 0 amide bonds. The summed E-state index contributed by atoms with van der Waals surface area (Å²) in [6.45, 7) is 6.48. The van der Waals surface area contributed by atoms with Gasteiger partial charge in [0, 0.05) is 18.0 Å². The van der Waals surface area contributed by atoms with Crippen molar-refractivity contribution in [1.29, 1.82) is 0 Å². The van der Waals surface area contributed by atoms with Gasteiger partial charge in [-0.3, -0.25) is 4.79 Å². The summed E-state index contributed by atoms with van der Waals surface area (Å²) in [7, 11) is 0. The standard InChI is InChI=1S/C45H66N4O5/c1-4-6-8-11-31-14-15-34(42(51)22-31)12-9-7-10-13-40(44(52)53)41(50)16-18-45(54)27-33(20-32-17-19-47-43(46)23-32)21-37(45)26-39-25-36(29-49-39)30(3)35-24-38(5-2)48-28-35/h14-15,17,19,23-25,28-31,33-34,37,40-42,50-51,54H,4-13,16,18,20-22,26-27H2,1-3H3,(H2,46,47)(H,52,53)/q-2. The Hall–Kier alpha value is -3.40. The van der Waals surface area contributed by atoms with Crippen LogP contribution in [-0.4, -0.2) is 49.2 Å². The zero-order chi connectivity index (χ0) is 38.7. The molecule has 54 heavy (non-hydrogen) atoms. The highest BCUT2D eigenvalue weighted by atomic mass is 16.4. The Kier molecular flexibility index (Phi) is 15.4. The van der Waals surface area contributed by atoms with Crippen LogP contribution in [0.1, 0.15) is 145 Å². The Labute approximate surface area is 323 Å². The molecule has 0 aromatic carbocycles. The van der Waals surface area contributed by atoms with E-state index in [1.54, 1.807) is 6.20 Å². The van der Waals surface area contributed by atoms with Crippen molar-refractivity contribution < 1.29 is 25.2 Å². The van der Waals surface area contributed by atoms with E-state index in [1.807, 2.05) is 24.5 Å². The van der Waals surface area contributed by atoms with Gasteiger partial charge in [-0.1, -0.05) is 101 Å². The van der Waals surface area contributed by atoms with Crippen molar-refractivity contribution in [3.05, 3.63) is 83.1 Å². The molecule has 3 aromatic rings. The van der Waals surface area contributed by atoms with Gasteiger partial charge in [0.15, 0.2) is 0 Å². The van der Waals surface area contributed by atoms with Crippen LogP contribution in [0.2, 0.25) is 0 Å². The molecule has 6 N–H and O–H groups in total. The number of carboxylic acid groups (broad SMARTS) is 1. The normalized spacial score (nSPS) is 25.9. The Morgan fingerprint density at radius 1 is 0.963 bits per heavy atom. The van der Waals surface area contributed by atoms with Gasteiger partial charge in [0.05, 0.1) is 23.7 Å². The maximum atomic E-state index is 12.4. The first-order valence-electron chi connectivity index (χ1n) is 20.9. The number of aliphatic hydroxyl groups excluding tert-OH is 2. The Balaban J connectivity index is 1.16. The number of nitrogens with zero attached hydrogens (tertiary/aromatic N) is 3. The van der Waals surface area contributed by atoms with Crippen LogP contribution in [0.15, 0.2) is 55.0 Å². The summed E-state index contributed by atoms with van der Waals surface area (Å²) < 4.78 is 0. The van der Waals surface area contributed by atoms with E-state index < -0.39 is 23.6 Å². The van der Waals surface area contributed by atoms with Crippen LogP contribution in [-0.2, 0) is 24.1 Å². The second-order valence-electron chi connectivity index (χ2n) is 16.8. The maximum absolute atomic E-state index is 12.4. The molecule has 0 spiro atoms. The molecule has 9 unspecified atom stereocenters. The Morgan fingerprint density at radius 3 is 2.39 bits per heavy atom. The Morgan fingerprint density at radius 2 is 1.70 bits per heavy atom. The minimum Gasteiger partial charge on any atom is -0.667 e. The van der Waals surface area contributed by atoms with Gasteiger partial charge >= 0.3 is 5.97 Å². The molecular formula is C45H66N4O5-2. The third-order valence-electron chi connectivity index (χ3n) is 12.7. The lowest BCUT2D eigenvalue weighted by Gasteiger charge is -2.33. The van der Waals surface area contributed by atoms with Crippen LogP contribution in [0, 0.1) is 29.6 Å². The van der Waals surface area contributed by atoms with Gasteiger partial charge in [-0.15, -0.1) is 0 Å². The van der Waals surface area contributed by atoms with Crippen molar-refractivity contribution in [2.24, 2.45) is 29.6 Å². The summed E-state index contributed by atoms with van der Waals surface area (Å²) in [5.41, 5.74) is 10.3. The fourth-order valence-electron chi connectivity index (χ4n) is 9.28. The summed E-state index contributed by atoms with van der Waals surface area (Å²) in [5.74, 6) is -0.470. The van der Waals surface area contributed by atoms with E-state index in [1.165, 1.54) is 24.8 Å². The molecule has 5 rings (SSSR count). The number of anilines is 1. The number of hydrogen-bond donors (Lipinski definition) is 5. The van der Waals surface area contributed by atoms with Gasteiger partial charge in [0.1, 0.15) is 5.82 Å². The number of aryl methyl sites for hydroxylation is 1. The molecule has 2 aliphatic carbocycles. The number of pyridine rings is 1. The summed E-state index contributed by atoms with van der Waals surface area (Å²) in [4.78, 5) is 25.8. The summed E-state index contributed by atoms with van der Waals surface area (Å²) in [6.07, 6.45) is 22.3. The zero-order valence-electron chi connectivity index (χ0n) is 33.0. The minimum atomic E-state index is -1.06. The van der Waals surface area contributed by atoms with E-state index in [2.05, 4.69) is 55.0 Å². The van der Waals surface area contributed by atoms with Crippen LogP contribution >= 0.6 is 0 Å². The largest absolute Gasteiger partial charge is 0.667 e. The quantitative estimate of drug-likeness (QED) is 0.0511. The maximum Gasteiger partial charge on any atom is 0.309 e. The number of carbonyl (C=O) groups is 1. The van der Waals surface area contributed by atoms with E-state index >= 15 is 0 Å². The molecule has 9 atom stereocenters. The molecule has 1 saturated carbocycles. The number of hydrogen-bond acceptors (Lipinski definition) is 6. The van der Waals surface area contributed by atoms with E-state index in [0.717, 1.165) is 73.9 Å². The lowest BCUT2D eigenvalue weighted by atomic mass is 9.80. The first-order valence-corrected chi connectivity index (χ1v) is 20.9. The Bertz CT molecular complexity index is 1620. The lowest BCUT2D eigenvalue weighted by molar-refractivity contribution is -0.146. The molecule has 0 aliphatic heterocycles. The molecule has 2 aliphatic rings. The van der Waals surface area contributed by atoms with E-state index in [4.69, 9.17) is 10.7 Å². The van der Waals surface area contributed by atoms with Gasteiger partial charge in [-0.25, -0.2) is 4.98 Å². The third-order valence-corrected chi connectivity index (χ3v) is 12.7. The van der Waals surface area contributed by atoms with Crippen LogP contribution < -0.4 is 15.7 Å². The molecule has 0 saturated heterocycles. The number of aliphatic hydroxyl groups is 3. The van der Waals surface area contributed by atoms with Gasteiger partial charge in [-0.05, 0) is 99.7 Å².